The summed E-state index contributed by atoms with van der Waals surface area (Å²) in [4.78, 5) is 22.8. The second kappa shape index (κ2) is 5.47. The first-order valence-electron chi connectivity index (χ1n) is 7.60. The molecule has 0 heterocycles. The van der Waals surface area contributed by atoms with Gasteiger partial charge in [0, 0.05) is 12.1 Å². The Bertz CT molecular complexity index is 572. The number of fused-ring (bicyclic) bond motifs is 2. The molecule has 2 bridgehead atoms. The van der Waals surface area contributed by atoms with Gasteiger partial charge in [0.1, 0.15) is 5.56 Å². The number of nitro benzene ring substituents is 1. The minimum Gasteiger partial charge on any atom is -0.349 e. The second-order valence-electron chi connectivity index (χ2n) is 6.38. The quantitative estimate of drug-likeness (QED) is 0.683. The van der Waals surface area contributed by atoms with Gasteiger partial charge in [-0.1, -0.05) is 18.6 Å². The minimum atomic E-state index is -0.503. The zero-order valence-electron chi connectivity index (χ0n) is 12.1. The molecule has 1 N–H and O–H groups in total. The van der Waals surface area contributed by atoms with Crippen LogP contribution in [0.3, 0.4) is 0 Å². The molecule has 2 fully saturated rings. The number of nitro groups is 1. The van der Waals surface area contributed by atoms with Gasteiger partial charge in [-0.05, 0) is 50.0 Å². The summed E-state index contributed by atoms with van der Waals surface area (Å²) in [5, 5.41) is 14.0. The molecule has 112 valence electrons. The lowest BCUT2D eigenvalue weighted by Crippen LogP contribution is -2.40. The van der Waals surface area contributed by atoms with Crippen molar-refractivity contribution in [1.29, 1.82) is 0 Å². The summed E-state index contributed by atoms with van der Waals surface area (Å²) in [6.45, 7) is 2.03. The van der Waals surface area contributed by atoms with Gasteiger partial charge < -0.3 is 5.32 Å². The average molecular weight is 288 g/mol. The molecule has 1 amide bonds. The Morgan fingerprint density at radius 1 is 1.33 bits per heavy atom. The number of carbonyl (C=O) groups is 1. The SMILES string of the molecule is C[C@H](NC(=O)c1ccccc1[N+](=O)[O-])[C@@H]1C[C@H]2CC[C@H]1C2. The van der Waals surface area contributed by atoms with E-state index in [1.165, 1.54) is 37.8 Å². The zero-order valence-corrected chi connectivity index (χ0v) is 12.1. The van der Waals surface area contributed by atoms with Gasteiger partial charge in [-0.3, -0.25) is 14.9 Å². The smallest absolute Gasteiger partial charge is 0.282 e. The van der Waals surface area contributed by atoms with E-state index in [0.717, 1.165) is 11.8 Å². The number of benzene rings is 1. The molecule has 5 heteroatoms. The monoisotopic (exact) mass is 288 g/mol. The van der Waals surface area contributed by atoms with Crippen molar-refractivity contribution in [3.05, 3.63) is 39.9 Å². The van der Waals surface area contributed by atoms with E-state index in [1.54, 1.807) is 12.1 Å². The van der Waals surface area contributed by atoms with Gasteiger partial charge in [0.05, 0.1) is 4.92 Å². The van der Waals surface area contributed by atoms with Gasteiger partial charge in [-0.15, -0.1) is 0 Å². The van der Waals surface area contributed by atoms with Crippen molar-refractivity contribution < 1.29 is 9.72 Å². The van der Waals surface area contributed by atoms with E-state index in [0.29, 0.717) is 5.92 Å². The van der Waals surface area contributed by atoms with Crippen LogP contribution in [0.25, 0.3) is 0 Å². The van der Waals surface area contributed by atoms with Crippen LogP contribution in [0.2, 0.25) is 0 Å². The van der Waals surface area contributed by atoms with Gasteiger partial charge >= 0.3 is 0 Å². The predicted octanol–water partition coefficient (Wildman–Crippen LogP) is 3.15. The van der Waals surface area contributed by atoms with Crippen LogP contribution < -0.4 is 5.32 Å². The molecule has 0 spiro atoms. The Labute approximate surface area is 123 Å². The van der Waals surface area contributed by atoms with Crippen molar-refractivity contribution in [2.45, 2.75) is 38.6 Å². The zero-order chi connectivity index (χ0) is 15.0. The summed E-state index contributed by atoms with van der Waals surface area (Å²) in [6.07, 6.45) is 5.06. The third-order valence-electron chi connectivity index (χ3n) is 5.14. The van der Waals surface area contributed by atoms with Gasteiger partial charge in [-0.2, -0.15) is 0 Å². The number of nitrogens with one attached hydrogen (secondary N) is 1. The summed E-state index contributed by atoms with van der Waals surface area (Å²) in [5.74, 6) is 1.73. The Balaban J connectivity index is 1.70. The van der Waals surface area contributed by atoms with Crippen LogP contribution in [0.5, 0.6) is 0 Å². The number of nitrogens with zero attached hydrogens (tertiary/aromatic N) is 1. The summed E-state index contributed by atoms with van der Waals surface area (Å²) in [7, 11) is 0. The highest BCUT2D eigenvalue weighted by molar-refractivity contribution is 5.98. The fraction of sp³-hybridized carbons (Fsp3) is 0.562. The molecule has 5 nitrogen and oxygen atoms in total. The van der Waals surface area contributed by atoms with Crippen LogP contribution in [-0.2, 0) is 0 Å². The number of amides is 1. The first kappa shape index (κ1) is 14.0. The maximum absolute atomic E-state index is 12.3. The van der Waals surface area contributed by atoms with Gasteiger partial charge in [-0.25, -0.2) is 0 Å². The van der Waals surface area contributed by atoms with Gasteiger partial charge in [0.25, 0.3) is 11.6 Å². The molecule has 3 rings (SSSR count). The van der Waals surface area contributed by atoms with Crippen molar-refractivity contribution in [3.63, 3.8) is 0 Å². The standard InChI is InChI=1S/C16H20N2O3/c1-10(14-9-11-6-7-12(14)8-11)17-16(19)13-4-2-3-5-15(13)18(20)21/h2-5,10-12,14H,6-9H2,1H3,(H,17,19)/t10-,11-,12-,14-/m0/s1. The molecule has 0 aromatic heterocycles. The third-order valence-corrected chi connectivity index (χ3v) is 5.14. The normalized spacial score (nSPS) is 28.3. The lowest BCUT2D eigenvalue weighted by Gasteiger charge is -2.28. The lowest BCUT2D eigenvalue weighted by atomic mass is 9.84. The third kappa shape index (κ3) is 2.64. The first-order chi connectivity index (χ1) is 10.1. The minimum absolute atomic E-state index is 0.0765. The van der Waals surface area contributed by atoms with Crippen molar-refractivity contribution in [1.82, 2.24) is 5.32 Å². The summed E-state index contributed by atoms with van der Waals surface area (Å²) < 4.78 is 0. The Hall–Kier alpha value is -1.91. The average Bonchev–Trinajstić information content (AvgIpc) is 3.09. The molecule has 0 unspecified atom stereocenters. The number of carbonyl (C=O) groups excluding carboxylic acids is 1. The van der Waals surface area contributed by atoms with Crippen molar-refractivity contribution >= 4 is 11.6 Å². The highest BCUT2D eigenvalue weighted by Gasteiger charge is 2.42. The van der Waals surface area contributed by atoms with Crippen LogP contribution in [0.1, 0.15) is 43.0 Å². The molecule has 21 heavy (non-hydrogen) atoms. The number of hydrogen-bond acceptors (Lipinski definition) is 3. The highest BCUT2D eigenvalue weighted by atomic mass is 16.6. The Morgan fingerprint density at radius 3 is 2.71 bits per heavy atom. The maximum Gasteiger partial charge on any atom is 0.282 e. The molecule has 0 radical (unpaired) electrons. The molecule has 0 aliphatic heterocycles. The summed E-state index contributed by atoms with van der Waals surface area (Å²) in [6, 6.07) is 6.20. The molecule has 2 saturated carbocycles. The van der Waals surface area contributed by atoms with Crippen LogP contribution in [0.4, 0.5) is 5.69 Å². The molecule has 0 saturated heterocycles. The fourth-order valence-electron chi connectivity index (χ4n) is 4.12. The molecular formula is C16H20N2O3. The highest BCUT2D eigenvalue weighted by Crippen LogP contribution is 2.49. The second-order valence-corrected chi connectivity index (χ2v) is 6.38. The van der Waals surface area contributed by atoms with Gasteiger partial charge in [0.2, 0.25) is 0 Å². The summed E-state index contributed by atoms with van der Waals surface area (Å²) in [5.41, 5.74) is 0.0210. The van der Waals surface area contributed by atoms with E-state index >= 15 is 0 Å². The summed E-state index contributed by atoms with van der Waals surface area (Å²) >= 11 is 0. The topological polar surface area (TPSA) is 72.2 Å². The molecule has 4 atom stereocenters. The largest absolute Gasteiger partial charge is 0.349 e. The molecule has 2 aliphatic rings. The van der Waals surface area contributed by atoms with Crippen LogP contribution in [0, 0.1) is 27.9 Å². The van der Waals surface area contributed by atoms with E-state index < -0.39 is 4.92 Å². The van der Waals surface area contributed by atoms with Gasteiger partial charge in [0.15, 0.2) is 0 Å². The van der Waals surface area contributed by atoms with E-state index in [4.69, 9.17) is 0 Å². The Morgan fingerprint density at radius 2 is 2.10 bits per heavy atom. The molecule has 1 aromatic carbocycles. The number of hydrogen-bond donors (Lipinski definition) is 1. The molecule has 2 aliphatic carbocycles. The predicted molar refractivity (Wildman–Crippen MR) is 79.0 cm³/mol. The first-order valence-corrected chi connectivity index (χ1v) is 7.60. The molecule has 1 aromatic rings. The van der Waals surface area contributed by atoms with Crippen LogP contribution in [0.15, 0.2) is 24.3 Å². The fourth-order valence-corrected chi connectivity index (χ4v) is 4.12. The maximum atomic E-state index is 12.3. The van der Waals surface area contributed by atoms with Crippen molar-refractivity contribution in [2.75, 3.05) is 0 Å². The lowest BCUT2D eigenvalue weighted by molar-refractivity contribution is -0.385. The van der Waals surface area contributed by atoms with E-state index in [1.807, 2.05) is 6.92 Å². The number of para-hydroxylation sites is 1. The van der Waals surface area contributed by atoms with E-state index in [9.17, 15) is 14.9 Å². The van der Waals surface area contributed by atoms with E-state index in [2.05, 4.69) is 5.32 Å². The van der Waals surface area contributed by atoms with Crippen molar-refractivity contribution in [3.8, 4) is 0 Å². The Kier molecular flexibility index (Phi) is 3.66. The van der Waals surface area contributed by atoms with Crippen molar-refractivity contribution in [2.24, 2.45) is 17.8 Å². The number of rotatable bonds is 4. The van der Waals surface area contributed by atoms with Crippen LogP contribution >= 0.6 is 0 Å². The van der Waals surface area contributed by atoms with E-state index in [-0.39, 0.29) is 23.2 Å². The molecular weight excluding hydrogens is 268 g/mol. The van der Waals surface area contributed by atoms with Crippen LogP contribution in [-0.4, -0.2) is 16.9 Å².